The molecular formula is C17H29N5O9. The molecule has 4 amide bonds. The summed E-state index contributed by atoms with van der Waals surface area (Å²) in [5.74, 6) is -6.87. The largest absolute Gasteiger partial charge is 0.481 e. The van der Waals surface area contributed by atoms with Crippen LogP contribution in [0.2, 0.25) is 0 Å². The van der Waals surface area contributed by atoms with Crippen molar-refractivity contribution in [3.63, 3.8) is 0 Å². The molecule has 0 rings (SSSR count). The van der Waals surface area contributed by atoms with Gasteiger partial charge >= 0.3 is 11.9 Å². The zero-order chi connectivity index (χ0) is 24.3. The van der Waals surface area contributed by atoms with Crippen LogP contribution in [-0.4, -0.2) is 81.7 Å². The third-order valence-corrected chi connectivity index (χ3v) is 4.09. The lowest BCUT2D eigenvalue weighted by molar-refractivity contribution is -0.143. The fourth-order valence-electron chi connectivity index (χ4n) is 2.35. The first-order chi connectivity index (χ1) is 14.3. The van der Waals surface area contributed by atoms with Gasteiger partial charge in [0.15, 0.2) is 0 Å². The molecule has 4 atom stereocenters. The van der Waals surface area contributed by atoms with Gasteiger partial charge in [0.2, 0.25) is 23.6 Å². The minimum Gasteiger partial charge on any atom is -0.481 e. The van der Waals surface area contributed by atoms with Gasteiger partial charge < -0.3 is 42.7 Å². The summed E-state index contributed by atoms with van der Waals surface area (Å²) in [6.07, 6.45) is -1.25. The summed E-state index contributed by atoms with van der Waals surface area (Å²) in [4.78, 5) is 69.6. The van der Waals surface area contributed by atoms with Crippen LogP contribution >= 0.6 is 0 Å². The first kappa shape index (κ1) is 27.7. The van der Waals surface area contributed by atoms with Crippen molar-refractivity contribution in [1.29, 1.82) is 0 Å². The molecule has 0 heterocycles. The molecular weight excluding hydrogens is 418 g/mol. The van der Waals surface area contributed by atoms with Crippen molar-refractivity contribution in [2.45, 2.75) is 57.3 Å². The van der Waals surface area contributed by atoms with Crippen LogP contribution in [0, 0.1) is 5.92 Å². The van der Waals surface area contributed by atoms with E-state index in [4.69, 9.17) is 16.6 Å². The number of amides is 4. The van der Waals surface area contributed by atoms with Crippen LogP contribution in [0.15, 0.2) is 0 Å². The number of carboxylic acid groups (broad SMARTS) is 2. The Morgan fingerprint density at radius 3 is 1.84 bits per heavy atom. The number of carbonyl (C=O) groups is 6. The maximum Gasteiger partial charge on any atom is 0.326 e. The monoisotopic (exact) mass is 447 g/mol. The fourth-order valence-corrected chi connectivity index (χ4v) is 2.35. The van der Waals surface area contributed by atoms with Gasteiger partial charge in [0.05, 0.1) is 19.1 Å². The number of rotatable bonds is 14. The molecule has 0 radical (unpaired) electrons. The van der Waals surface area contributed by atoms with E-state index in [1.54, 1.807) is 13.8 Å². The SMILES string of the molecule is CC(C)C(NC(=O)C(CO)NC(=O)C(N)CC(=O)O)C(=O)NC(CCC(N)=O)C(=O)O. The summed E-state index contributed by atoms with van der Waals surface area (Å²) < 4.78 is 0. The molecule has 14 nitrogen and oxygen atoms in total. The second-order valence-electron chi connectivity index (χ2n) is 7.08. The molecule has 0 aliphatic heterocycles. The highest BCUT2D eigenvalue weighted by atomic mass is 16.4. The maximum atomic E-state index is 12.5. The maximum absolute atomic E-state index is 12.5. The zero-order valence-electron chi connectivity index (χ0n) is 17.2. The number of aliphatic hydroxyl groups is 1. The minimum atomic E-state index is -1.54. The predicted octanol–water partition coefficient (Wildman–Crippen LogP) is -3.76. The van der Waals surface area contributed by atoms with E-state index in [0.29, 0.717) is 0 Å². The van der Waals surface area contributed by atoms with Crippen LogP contribution in [0.1, 0.15) is 33.1 Å². The molecule has 14 heteroatoms. The van der Waals surface area contributed by atoms with E-state index in [2.05, 4.69) is 16.0 Å². The van der Waals surface area contributed by atoms with Crippen LogP contribution in [0.4, 0.5) is 0 Å². The Balaban J connectivity index is 5.19. The molecule has 4 unspecified atom stereocenters. The van der Waals surface area contributed by atoms with Gasteiger partial charge in [-0.2, -0.15) is 0 Å². The van der Waals surface area contributed by atoms with Crippen molar-refractivity contribution in [1.82, 2.24) is 16.0 Å². The Kier molecular flexibility index (Phi) is 11.7. The van der Waals surface area contributed by atoms with Crippen LogP contribution in [0.25, 0.3) is 0 Å². The summed E-state index contributed by atoms with van der Waals surface area (Å²) in [7, 11) is 0. The van der Waals surface area contributed by atoms with Crippen LogP contribution in [-0.2, 0) is 28.8 Å². The van der Waals surface area contributed by atoms with E-state index in [1.807, 2.05) is 0 Å². The molecule has 0 aliphatic carbocycles. The highest BCUT2D eigenvalue weighted by Crippen LogP contribution is 2.06. The lowest BCUT2D eigenvalue weighted by Crippen LogP contribution is -2.59. The van der Waals surface area contributed by atoms with Crippen LogP contribution in [0.3, 0.4) is 0 Å². The Bertz CT molecular complexity index is 697. The van der Waals surface area contributed by atoms with Gasteiger partial charge in [-0.15, -0.1) is 0 Å². The predicted molar refractivity (Wildman–Crippen MR) is 104 cm³/mol. The summed E-state index contributed by atoms with van der Waals surface area (Å²) in [6.45, 7) is 2.23. The molecule has 0 aromatic rings. The Morgan fingerprint density at radius 1 is 0.871 bits per heavy atom. The lowest BCUT2D eigenvalue weighted by Gasteiger charge is -2.26. The highest BCUT2D eigenvalue weighted by molar-refractivity contribution is 5.95. The summed E-state index contributed by atoms with van der Waals surface area (Å²) in [5, 5.41) is 33.8. The van der Waals surface area contributed by atoms with Crippen molar-refractivity contribution in [2.75, 3.05) is 6.61 Å². The van der Waals surface area contributed by atoms with E-state index in [0.717, 1.165) is 0 Å². The molecule has 0 aliphatic rings. The number of nitrogens with two attached hydrogens (primary N) is 2. The van der Waals surface area contributed by atoms with Gasteiger partial charge in [-0.25, -0.2) is 4.79 Å². The van der Waals surface area contributed by atoms with Crippen LogP contribution < -0.4 is 27.4 Å². The van der Waals surface area contributed by atoms with Gasteiger partial charge in [0.25, 0.3) is 0 Å². The van der Waals surface area contributed by atoms with E-state index in [9.17, 15) is 39.0 Å². The standard InChI is InChI=1S/C17H29N5O9/c1-7(2)13(16(29)20-9(17(30)31)3-4-11(19)24)22-15(28)10(6-23)21-14(27)8(18)5-12(25)26/h7-10,13,23H,3-6,18H2,1-2H3,(H2,19,24)(H,20,29)(H,21,27)(H,22,28)(H,25,26)(H,30,31). The minimum absolute atomic E-state index is 0.258. The average Bonchev–Trinajstić information content (AvgIpc) is 2.65. The molecule has 0 spiro atoms. The summed E-state index contributed by atoms with van der Waals surface area (Å²) >= 11 is 0. The third-order valence-electron chi connectivity index (χ3n) is 4.09. The quantitative estimate of drug-likeness (QED) is 0.129. The zero-order valence-corrected chi connectivity index (χ0v) is 17.2. The Labute approximate surface area is 177 Å². The number of primary amides is 1. The number of nitrogens with one attached hydrogen (secondary N) is 3. The Morgan fingerprint density at radius 2 is 1.42 bits per heavy atom. The van der Waals surface area contributed by atoms with Crippen molar-refractivity contribution >= 4 is 35.6 Å². The molecule has 0 aromatic heterocycles. The number of carbonyl (C=O) groups excluding carboxylic acids is 4. The molecule has 31 heavy (non-hydrogen) atoms. The summed E-state index contributed by atoms with van der Waals surface area (Å²) in [5.41, 5.74) is 10.4. The first-order valence-corrected chi connectivity index (χ1v) is 9.30. The van der Waals surface area contributed by atoms with Gasteiger partial charge in [-0.3, -0.25) is 24.0 Å². The van der Waals surface area contributed by atoms with E-state index >= 15 is 0 Å². The molecule has 0 bridgehead atoms. The summed E-state index contributed by atoms with van der Waals surface area (Å²) in [6, 6.07) is -5.68. The molecule has 176 valence electrons. The van der Waals surface area contributed by atoms with E-state index < -0.39 is 78.7 Å². The van der Waals surface area contributed by atoms with Crippen LogP contribution in [0.5, 0.6) is 0 Å². The van der Waals surface area contributed by atoms with Gasteiger partial charge in [0, 0.05) is 6.42 Å². The number of aliphatic hydroxyl groups excluding tert-OH is 1. The fraction of sp³-hybridized carbons (Fsp3) is 0.647. The van der Waals surface area contributed by atoms with E-state index in [-0.39, 0.29) is 12.8 Å². The van der Waals surface area contributed by atoms with Gasteiger partial charge in [-0.1, -0.05) is 13.8 Å². The van der Waals surface area contributed by atoms with Crippen molar-refractivity contribution < 1.29 is 44.1 Å². The normalized spacial score (nSPS) is 14.6. The molecule has 0 fully saturated rings. The molecule has 0 saturated carbocycles. The molecule has 0 saturated heterocycles. The van der Waals surface area contributed by atoms with Gasteiger partial charge in [0.1, 0.15) is 18.1 Å². The van der Waals surface area contributed by atoms with E-state index in [1.165, 1.54) is 0 Å². The number of hydrogen-bond acceptors (Lipinski definition) is 8. The molecule has 0 aromatic carbocycles. The number of carboxylic acids is 2. The van der Waals surface area contributed by atoms with Crippen molar-refractivity contribution in [3.05, 3.63) is 0 Å². The number of hydrogen-bond donors (Lipinski definition) is 8. The lowest BCUT2D eigenvalue weighted by atomic mass is 10.0. The second-order valence-corrected chi connectivity index (χ2v) is 7.08. The molecule has 10 N–H and O–H groups in total. The third kappa shape index (κ3) is 10.4. The Hall–Kier alpha value is -3.26. The van der Waals surface area contributed by atoms with Crippen molar-refractivity contribution in [3.8, 4) is 0 Å². The van der Waals surface area contributed by atoms with Gasteiger partial charge in [-0.05, 0) is 12.3 Å². The first-order valence-electron chi connectivity index (χ1n) is 9.30. The highest BCUT2D eigenvalue weighted by Gasteiger charge is 2.32. The smallest absolute Gasteiger partial charge is 0.326 e. The topological polar surface area (TPSA) is 251 Å². The number of aliphatic carboxylic acids is 2. The average molecular weight is 447 g/mol. The second kappa shape index (κ2) is 13.1. The van der Waals surface area contributed by atoms with Crippen molar-refractivity contribution in [2.24, 2.45) is 17.4 Å².